The third kappa shape index (κ3) is 5.44. The topological polar surface area (TPSA) is 57.5 Å². The van der Waals surface area contributed by atoms with Gasteiger partial charge < -0.3 is 10.2 Å². The van der Waals surface area contributed by atoms with Crippen molar-refractivity contribution >= 4 is 6.29 Å². The Morgan fingerprint density at radius 3 is 2.50 bits per heavy atom. The first-order valence-electron chi connectivity index (χ1n) is 3.47. The average molecular weight is 168 g/mol. The zero-order valence-electron chi connectivity index (χ0n) is 6.90. The van der Waals surface area contributed by atoms with Crippen LogP contribution < -0.4 is 0 Å². The third-order valence-corrected chi connectivity index (χ3v) is 1.03. The Bertz CT molecular complexity index is 224. The van der Waals surface area contributed by atoms with Crippen LogP contribution in [0.4, 0.5) is 0 Å². The number of allylic oxidation sites excluding steroid dienone is 3. The lowest BCUT2D eigenvalue weighted by atomic mass is 10.2. The SMILES string of the molecule is C=C(C=O)/C=C\C(O)=C/C(C)O. The van der Waals surface area contributed by atoms with Crippen molar-refractivity contribution in [2.24, 2.45) is 0 Å². The Hall–Kier alpha value is -1.35. The van der Waals surface area contributed by atoms with E-state index < -0.39 is 6.10 Å². The second-order valence-electron chi connectivity index (χ2n) is 2.36. The average Bonchev–Trinajstić information content (AvgIpc) is 1.99. The van der Waals surface area contributed by atoms with Crippen LogP contribution in [0.2, 0.25) is 0 Å². The van der Waals surface area contributed by atoms with E-state index in [2.05, 4.69) is 6.58 Å². The molecule has 1 unspecified atom stereocenters. The fraction of sp³-hybridized carbons (Fsp3) is 0.222. The number of hydrogen-bond donors (Lipinski definition) is 2. The normalized spacial score (nSPS) is 14.7. The van der Waals surface area contributed by atoms with Crippen LogP contribution in [0.15, 0.2) is 36.1 Å². The van der Waals surface area contributed by atoms with Crippen molar-refractivity contribution in [2.75, 3.05) is 0 Å². The molecule has 66 valence electrons. The maximum atomic E-state index is 10.0. The van der Waals surface area contributed by atoms with Gasteiger partial charge in [-0.25, -0.2) is 0 Å². The maximum Gasteiger partial charge on any atom is 0.149 e. The summed E-state index contributed by atoms with van der Waals surface area (Å²) >= 11 is 0. The van der Waals surface area contributed by atoms with Gasteiger partial charge in [-0.1, -0.05) is 6.58 Å². The predicted octanol–water partition coefficient (Wildman–Crippen LogP) is 1.12. The monoisotopic (exact) mass is 168 g/mol. The largest absolute Gasteiger partial charge is 0.508 e. The van der Waals surface area contributed by atoms with Crippen LogP contribution in [0.5, 0.6) is 0 Å². The summed E-state index contributed by atoms with van der Waals surface area (Å²) in [4.78, 5) is 10.0. The van der Waals surface area contributed by atoms with E-state index in [1.54, 1.807) is 0 Å². The van der Waals surface area contributed by atoms with E-state index in [1.165, 1.54) is 25.2 Å². The minimum Gasteiger partial charge on any atom is -0.508 e. The van der Waals surface area contributed by atoms with E-state index >= 15 is 0 Å². The number of rotatable bonds is 4. The molecule has 0 radical (unpaired) electrons. The van der Waals surface area contributed by atoms with Crippen LogP contribution in [0.1, 0.15) is 6.92 Å². The minimum absolute atomic E-state index is 0.0898. The summed E-state index contributed by atoms with van der Waals surface area (Å²) in [5, 5.41) is 17.8. The molecule has 0 saturated carbocycles. The van der Waals surface area contributed by atoms with E-state index in [9.17, 15) is 4.79 Å². The number of carbonyl (C=O) groups excluding carboxylic acids is 1. The van der Waals surface area contributed by atoms with Crippen molar-refractivity contribution in [2.45, 2.75) is 13.0 Å². The Balaban J connectivity index is 4.16. The summed E-state index contributed by atoms with van der Waals surface area (Å²) in [6.45, 7) is 4.88. The van der Waals surface area contributed by atoms with Crippen LogP contribution in [0.3, 0.4) is 0 Å². The lowest BCUT2D eigenvalue weighted by Gasteiger charge is -1.94. The second kappa shape index (κ2) is 5.32. The van der Waals surface area contributed by atoms with Gasteiger partial charge in [-0.3, -0.25) is 4.79 Å². The quantitative estimate of drug-likeness (QED) is 0.286. The molecule has 0 aromatic rings. The van der Waals surface area contributed by atoms with Crippen molar-refractivity contribution in [3.8, 4) is 0 Å². The molecule has 0 spiro atoms. The van der Waals surface area contributed by atoms with Gasteiger partial charge >= 0.3 is 0 Å². The van der Waals surface area contributed by atoms with Crippen LogP contribution in [0, 0.1) is 0 Å². The molecule has 0 fully saturated rings. The lowest BCUT2D eigenvalue weighted by Crippen LogP contribution is -1.94. The van der Waals surface area contributed by atoms with Crippen molar-refractivity contribution in [3.63, 3.8) is 0 Å². The molecule has 12 heavy (non-hydrogen) atoms. The molecule has 0 aliphatic rings. The smallest absolute Gasteiger partial charge is 0.149 e. The van der Waals surface area contributed by atoms with Crippen molar-refractivity contribution in [3.05, 3.63) is 36.1 Å². The van der Waals surface area contributed by atoms with Gasteiger partial charge in [0.25, 0.3) is 0 Å². The summed E-state index contributed by atoms with van der Waals surface area (Å²) < 4.78 is 0. The van der Waals surface area contributed by atoms with Crippen LogP contribution in [0.25, 0.3) is 0 Å². The molecule has 0 amide bonds. The molecule has 2 N–H and O–H groups in total. The third-order valence-electron chi connectivity index (χ3n) is 1.03. The molecule has 3 heteroatoms. The van der Waals surface area contributed by atoms with Crippen molar-refractivity contribution in [1.82, 2.24) is 0 Å². The number of aldehydes is 1. The summed E-state index contributed by atoms with van der Waals surface area (Å²) in [5.74, 6) is -0.0898. The van der Waals surface area contributed by atoms with Gasteiger partial charge in [-0.05, 0) is 25.2 Å². The molecular formula is C9H12O3. The summed E-state index contributed by atoms with van der Waals surface area (Å²) in [6, 6.07) is 0. The molecule has 0 aliphatic carbocycles. The van der Waals surface area contributed by atoms with Crippen molar-refractivity contribution < 1.29 is 15.0 Å². The molecule has 0 bridgehead atoms. The molecule has 1 atom stereocenters. The van der Waals surface area contributed by atoms with Crippen molar-refractivity contribution in [1.29, 1.82) is 0 Å². The highest BCUT2D eigenvalue weighted by Gasteiger charge is 1.91. The first-order chi connectivity index (χ1) is 5.56. The van der Waals surface area contributed by atoms with Gasteiger partial charge in [-0.15, -0.1) is 0 Å². The van der Waals surface area contributed by atoms with E-state index in [0.29, 0.717) is 6.29 Å². The molecule has 0 heterocycles. The second-order valence-corrected chi connectivity index (χ2v) is 2.36. The van der Waals surface area contributed by atoms with E-state index in [0.717, 1.165) is 0 Å². The Morgan fingerprint density at radius 2 is 2.08 bits per heavy atom. The first kappa shape index (κ1) is 10.7. The highest BCUT2D eigenvalue weighted by molar-refractivity contribution is 5.76. The van der Waals surface area contributed by atoms with E-state index in [1.807, 2.05) is 0 Å². The molecular weight excluding hydrogens is 156 g/mol. The number of hydrogen-bond acceptors (Lipinski definition) is 3. The molecule has 0 rings (SSSR count). The standard InChI is InChI=1S/C9H12O3/c1-7(6-10)3-4-9(12)5-8(2)11/h3-6,8,11-12H,1H2,2H3/b4-3-,9-5+. The van der Waals surface area contributed by atoms with Crippen LogP contribution in [-0.4, -0.2) is 22.6 Å². The van der Waals surface area contributed by atoms with Gasteiger partial charge in [0.15, 0.2) is 0 Å². The minimum atomic E-state index is -0.709. The summed E-state index contributed by atoms with van der Waals surface area (Å²) in [7, 11) is 0. The van der Waals surface area contributed by atoms with Crippen LogP contribution in [-0.2, 0) is 4.79 Å². The highest BCUT2D eigenvalue weighted by atomic mass is 16.3. The molecule has 3 nitrogen and oxygen atoms in total. The van der Waals surface area contributed by atoms with Crippen LogP contribution >= 0.6 is 0 Å². The van der Waals surface area contributed by atoms with Gasteiger partial charge in [0.1, 0.15) is 12.0 Å². The zero-order valence-corrected chi connectivity index (χ0v) is 6.90. The first-order valence-corrected chi connectivity index (χ1v) is 3.47. The van der Waals surface area contributed by atoms with E-state index in [4.69, 9.17) is 10.2 Å². The summed E-state index contributed by atoms with van der Waals surface area (Å²) in [6.07, 6.45) is 3.77. The fourth-order valence-electron chi connectivity index (χ4n) is 0.534. The fourth-order valence-corrected chi connectivity index (χ4v) is 0.534. The highest BCUT2D eigenvalue weighted by Crippen LogP contribution is 1.97. The Morgan fingerprint density at radius 1 is 1.50 bits per heavy atom. The number of aliphatic hydroxyl groups is 2. The predicted molar refractivity (Wildman–Crippen MR) is 46.7 cm³/mol. The lowest BCUT2D eigenvalue weighted by molar-refractivity contribution is -0.104. The van der Waals surface area contributed by atoms with E-state index in [-0.39, 0.29) is 11.3 Å². The summed E-state index contributed by atoms with van der Waals surface area (Å²) in [5.41, 5.74) is 0.264. The molecule has 0 aromatic heterocycles. The molecule has 0 aliphatic heterocycles. The number of aliphatic hydroxyl groups excluding tert-OH is 2. The maximum absolute atomic E-state index is 10.0. The number of carbonyl (C=O) groups is 1. The Labute approximate surface area is 71.3 Å². The van der Waals surface area contributed by atoms with Gasteiger partial charge in [0.05, 0.1) is 6.10 Å². The van der Waals surface area contributed by atoms with Gasteiger partial charge in [0, 0.05) is 5.57 Å². The van der Waals surface area contributed by atoms with Gasteiger partial charge in [0.2, 0.25) is 0 Å². The molecule has 0 aromatic carbocycles. The molecule has 0 saturated heterocycles. The zero-order chi connectivity index (χ0) is 9.56. The Kier molecular flexibility index (Phi) is 4.72. The van der Waals surface area contributed by atoms with Gasteiger partial charge in [-0.2, -0.15) is 0 Å².